The fourth-order valence-electron chi connectivity index (χ4n) is 2.44. The van der Waals surface area contributed by atoms with E-state index in [1.807, 2.05) is 0 Å². The summed E-state index contributed by atoms with van der Waals surface area (Å²) in [5.41, 5.74) is 7.17. The highest BCUT2D eigenvalue weighted by Crippen LogP contribution is 2.40. The van der Waals surface area contributed by atoms with E-state index in [0.29, 0.717) is 21.9 Å². The second kappa shape index (κ2) is 7.66. The first-order valence-electron chi connectivity index (χ1n) is 7.01. The number of allylic oxidation sites excluding steroid dienone is 2. The lowest BCUT2D eigenvalue weighted by atomic mass is 9.83. The summed E-state index contributed by atoms with van der Waals surface area (Å²) in [6, 6.07) is 5.61. The minimum atomic E-state index is -0.595. The van der Waals surface area contributed by atoms with Crippen molar-refractivity contribution in [1.29, 1.82) is 5.26 Å². The van der Waals surface area contributed by atoms with Crippen LogP contribution in [0.5, 0.6) is 0 Å². The number of amides is 1. The minimum absolute atomic E-state index is 0.0252. The number of esters is 1. The van der Waals surface area contributed by atoms with Crippen molar-refractivity contribution in [1.82, 2.24) is 10.3 Å². The first-order valence-corrected chi connectivity index (χ1v) is 7.99. The SMILES string of the molecule is COC(=O)C1=C(C)NC(SCC(N)=O)=C(C#N)C1c1ccncc1. The van der Waals surface area contributed by atoms with E-state index in [1.165, 1.54) is 7.11 Å². The topological polar surface area (TPSA) is 118 Å². The molecule has 0 saturated heterocycles. The second-order valence-electron chi connectivity index (χ2n) is 4.98. The molecule has 1 atom stereocenters. The molecule has 2 rings (SSSR count). The van der Waals surface area contributed by atoms with Crippen molar-refractivity contribution in [3.63, 3.8) is 0 Å². The standard InChI is InChI=1S/C16H16N4O3S/c1-9-13(16(22)23-2)14(10-3-5-19-6-4-10)11(7-17)15(20-9)24-8-12(18)21/h3-6,14,20H,8H2,1-2H3,(H2,18,21). The summed E-state index contributed by atoms with van der Waals surface area (Å²) in [6.45, 7) is 1.72. The lowest BCUT2D eigenvalue weighted by Crippen LogP contribution is -2.29. The van der Waals surface area contributed by atoms with Gasteiger partial charge in [0.05, 0.1) is 41.0 Å². The Morgan fingerprint density at radius 1 is 1.46 bits per heavy atom. The lowest BCUT2D eigenvalue weighted by molar-refractivity contribution is -0.136. The number of nitrogens with two attached hydrogens (primary N) is 1. The number of carbonyl (C=O) groups excluding carboxylic acids is 2. The number of aromatic nitrogens is 1. The second-order valence-corrected chi connectivity index (χ2v) is 5.96. The zero-order chi connectivity index (χ0) is 17.7. The molecule has 1 aromatic heterocycles. The maximum atomic E-state index is 12.2. The van der Waals surface area contributed by atoms with Gasteiger partial charge in [-0.1, -0.05) is 11.8 Å². The number of thioether (sulfide) groups is 1. The Bertz CT molecular complexity index is 765. The van der Waals surface area contributed by atoms with Gasteiger partial charge in [-0.3, -0.25) is 9.78 Å². The molecule has 2 heterocycles. The number of primary amides is 1. The number of methoxy groups -OCH3 is 1. The van der Waals surface area contributed by atoms with Crippen molar-refractivity contribution in [2.75, 3.05) is 12.9 Å². The minimum Gasteiger partial charge on any atom is -0.466 e. The molecule has 124 valence electrons. The maximum absolute atomic E-state index is 12.2. The Balaban J connectivity index is 2.57. The van der Waals surface area contributed by atoms with E-state index < -0.39 is 17.8 Å². The summed E-state index contributed by atoms with van der Waals surface area (Å²) in [7, 11) is 1.29. The third-order valence-corrected chi connectivity index (χ3v) is 4.49. The summed E-state index contributed by atoms with van der Waals surface area (Å²) >= 11 is 1.13. The molecule has 0 saturated carbocycles. The molecule has 0 aliphatic carbocycles. The largest absolute Gasteiger partial charge is 0.466 e. The van der Waals surface area contributed by atoms with Gasteiger partial charge in [0.2, 0.25) is 5.91 Å². The fourth-order valence-corrected chi connectivity index (χ4v) is 3.27. The molecule has 1 amide bonds. The van der Waals surface area contributed by atoms with Crippen LogP contribution in [0.15, 0.2) is 46.4 Å². The van der Waals surface area contributed by atoms with Crippen LogP contribution in [0, 0.1) is 11.3 Å². The van der Waals surface area contributed by atoms with Crippen molar-refractivity contribution in [2.24, 2.45) is 5.73 Å². The quantitative estimate of drug-likeness (QED) is 0.770. The van der Waals surface area contributed by atoms with Crippen molar-refractivity contribution in [3.8, 4) is 6.07 Å². The average molecular weight is 344 g/mol. The van der Waals surface area contributed by atoms with Crippen LogP contribution in [-0.4, -0.2) is 29.7 Å². The van der Waals surface area contributed by atoms with Gasteiger partial charge in [0.1, 0.15) is 0 Å². The van der Waals surface area contributed by atoms with Gasteiger partial charge >= 0.3 is 5.97 Å². The van der Waals surface area contributed by atoms with Crippen molar-refractivity contribution in [3.05, 3.63) is 52.0 Å². The summed E-state index contributed by atoms with van der Waals surface area (Å²) in [5.74, 6) is -1.58. The van der Waals surface area contributed by atoms with Gasteiger partial charge in [0.25, 0.3) is 0 Å². The van der Waals surface area contributed by atoms with E-state index >= 15 is 0 Å². The van der Waals surface area contributed by atoms with Crippen molar-refractivity contribution < 1.29 is 14.3 Å². The highest BCUT2D eigenvalue weighted by atomic mass is 32.2. The number of pyridine rings is 1. The monoisotopic (exact) mass is 344 g/mol. The highest BCUT2D eigenvalue weighted by Gasteiger charge is 2.35. The molecule has 0 radical (unpaired) electrons. The summed E-state index contributed by atoms with van der Waals surface area (Å²) in [5, 5.41) is 13.2. The van der Waals surface area contributed by atoms with Gasteiger partial charge in [-0.25, -0.2) is 4.79 Å². The number of dihydropyridines is 1. The Labute approximate surface area is 143 Å². The summed E-state index contributed by atoms with van der Waals surface area (Å²) in [4.78, 5) is 27.3. The van der Waals surface area contributed by atoms with Gasteiger partial charge in [-0.2, -0.15) is 5.26 Å². The predicted molar refractivity (Wildman–Crippen MR) is 89.1 cm³/mol. The lowest BCUT2D eigenvalue weighted by Gasteiger charge is -2.28. The Morgan fingerprint density at radius 3 is 2.67 bits per heavy atom. The number of hydrogen-bond acceptors (Lipinski definition) is 7. The Kier molecular flexibility index (Phi) is 5.60. The van der Waals surface area contributed by atoms with Crippen LogP contribution in [0.3, 0.4) is 0 Å². The van der Waals surface area contributed by atoms with Gasteiger partial charge in [-0.05, 0) is 24.6 Å². The van der Waals surface area contributed by atoms with Crippen LogP contribution in [0.4, 0.5) is 0 Å². The molecule has 0 aromatic carbocycles. The van der Waals surface area contributed by atoms with Crippen molar-refractivity contribution >= 4 is 23.6 Å². The van der Waals surface area contributed by atoms with E-state index in [4.69, 9.17) is 10.5 Å². The number of nitrogens with one attached hydrogen (secondary N) is 1. The van der Waals surface area contributed by atoms with Crippen molar-refractivity contribution in [2.45, 2.75) is 12.8 Å². The number of ether oxygens (including phenoxy) is 1. The Hall–Kier alpha value is -2.79. The molecule has 1 unspecified atom stereocenters. The predicted octanol–water partition coefficient (Wildman–Crippen LogP) is 1.17. The van der Waals surface area contributed by atoms with Crippen LogP contribution in [0.25, 0.3) is 0 Å². The first-order chi connectivity index (χ1) is 11.5. The van der Waals surface area contributed by atoms with E-state index in [9.17, 15) is 14.9 Å². The third kappa shape index (κ3) is 3.58. The molecule has 1 aliphatic rings. The van der Waals surface area contributed by atoms with Crippen LogP contribution >= 0.6 is 11.8 Å². The molecule has 0 bridgehead atoms. The molecule has 0 spiro atoms. The molecular formula is C16H16N4O3S. The molecule has 7 nitrogen and oxygen atoms in total. The van der Waals surface area contributed by atoms with Gasteiger partial charge < -0.3 is 15.8 Å². The van der Waals surface area contributed by atoms with Gasteiger partial charge in [0, 0.05) is 18.1 Å². The van der Waals surface area contributed by atoms with E-state index in [2.05, 4.69) is 16.4 Å². The molecule has 0 fully saturated rings. The molecule has 24 heavy (non-hydrogen) atoms. The van der Waals surface area contributed by atoms with E-state index in [0.717, 1.165) is 17.3 Å². The summed E-state index contributed by atoms with van der Waals surface area (Å²) < 4.78 is 4.87. The zero-order valence-electron chi connectivity index (χ0n) is 13.2. The fraction of sp³-hybridized carbons (Fsp3) is 0.250. The third-order valence-electron chi connectivity index (χ3n) is 3.45. The number of carbonyl (C=O) groups is 2. The maximum Gasteiger partial charge on any atom is 0.336 e. The van der Waals surface area contributed by atoms with E-state index in [1.54, 1.807) is 31.5 Å². The Morgan fingerprint density at radius 2 is 2.12 bits per heavy atom. The van der Waals surface area contributed by atoms with Crippen LogP contribution < -0.4 is 11.1 Å². The smallest absolute Gasteiger partial charge is 0.336 e. The number of nitriles is 1. The molecule has 1 aliphatic heterocycles. The van der Waals surface area contributed by atoms with Gasteiger partial charge in [0.15, 0.2) is 0 Å². The van der Waals surface area contributed by atoms with Crippen LogP contribution in [0.2, 0.25) is 0 Å². The average Bonchev–Trinajstić information content (AvgIpc) is 2.59. The number of hydrogen-bond donors (Lipinski definition) is 2. The molecule has 1 aromatic rings. The molecular weight excluding hydrogens is 328 g/mol. The van der Waals surface area contributed by atoms with E-state index in [-0.39, 0.29) is 5.75 Å². The highest BCUT2D eigenvalue weighted by molar-refractivity contribution is 8.03. The number of rotatable bonds is 5. The van der Waals surface area contributed by atoms with Gasteiger partial charge in [-0.15, -0.1) is 0 Å². The molecule has 3 N–H and O–H groups in total. The first kappa shape index (κ1) is 17.6. The zero-order valence-corrected chi connectivity index (χ0v) is 14.0. The van der Waals surface area contributed by atoms with Crippen LogP contribution in [-0.2, 0) is 14.3 Å². The molecule has 8 heteroatoms. The van der Waals surface area contributed by atoms with Crippen LogP contribution in [0.1, 0.15) is 18.4 Å². The summed E-state index contributed by atoms with van der Waals surface area (Å²) in [6.07, 6.45) is 3.18. The normalized spacial score (nSPS) is 17.1. The number of nitrogens with zero attached hydrogens (tertiary/aromatic N) is 2.